The van der Waals surface area contributed by atoms with Gasteiger partial charge in [-0.05, 0) is 35.0 Å². The molecule has 0 aliphatic carbocycles. The van der Waals surface area contributed by atoms with Gasteiger partial charge in [0.25, 0.3) is 10.1 Å². The summed E-state index contributed by atoms with van der Waals surface area (Å²) in [5, 5.41) is 11.4. The highest BCUT2D eigenvalue weighted by molar-refractivity contribution is 7.85. The quantitative estimate of drug-likeness (QED) is 0.447. The van der Waals surface area contributed by atoms with Crippen LogP contribution >= 0.6 is 0 Å². The van der Waals surface area contributed by atoms with Crippen molar-refractivity contribution < 1.29 is 18.1 Å². The maximum atomic E-state index is 10.4. The third-order valence-corrected chi connectivity index (χ3v) is 4.31. The van der Waals surface area contributed by atoms with E-state index >= 15 is 0 Å². The van der Waals surface area contributed by atoms with Gasteiger partial charge in [0.1, 0.15) is 5.75 Å². The lowest BCUT2D eigenvalue weighted by atomic mass is 10.1. The van der Waals surface area contributed by atoms with Crippen molar-refractivity contribution in [3.63, 3.8) is 0 Å². The summed E-state index contributed by atoms with van der Waals surface area (Å²) < 4.78 is 29.2. The van der Waals surface area contributed by atoms with Crippen LogP contribution in [0.15, 0.2) is 114 Å². The Kier molecular flexibility index (Phi) is 7.55. The Morgan fingerprint density at radius 3 is 1.48 bits per heavy atom. The van der Waals surface area contributed by atoms with Gasteiger partial charge in [-0.2, -0.15) is 8.42 Å². The summed E-state index contributed by atoms with van der Waals surface area (Å²) in [5.41, 5.74) is 0. The minimum absolute atomic E-state index is 0.0741. The number of phenolic OH excluding ortho intramolecular Hbond substituents is 1. The minimum Gasteiger partial charge on any atom is -0.508 e. The molecule has 0 aromatic heterocycles. The van der Waals surface area contributed by atoms with Crippen LogP contribution in [0.25, 0.3) is 10.8 Å². The van der Waals surface area contributed by atoms with Crippen molar-refractivity contribution in [1.82, 2.24) is 0 Å². The van der Waals surface area contributed by atoms with Gasteiger partial charge in [-0.3, -0.25) is 4.55 Å². The Morgan fingerprint density at radius 1 is 0.556 bits per heavy atom. The molecule has 0 heterocycles. The van der Waals surface area contributed by atoms with Crippen molar-refractivity contribution in [1.29, 1.82) is 0 Å². The number of aromatic hydroxyl groups is 1. The van der Waals surface area contributed by atoms with Crippen molar-refractivity contribution in [2.45, 2.75) is 4.90 Å². The summed E-state index contributed by atoms with van der Waals surface area (Å²) in [5.74, 6) is 0.323. The SMILES string of the molecule is O=S(=O)(O)c1ccccc1.Oc1ccc2ccccc2c1.c1ccccc1. The van der Waals surface area contributed by atoms with Gasteiger partial charge in [0.2, 0.25) is 0 Å². The molecular formula is C22H20O4S. The van der Waals surface area contributed by atoms with Crippen LogP contribution in [0.2, 0.25) is 0 Å². The van der Waals surface area contributed by atoms with Crippen molar-refractivity contribution >= 4 is 20.9 Å². The van der Waals surface area contributed by atoms with Crippen molar-refractivity contribution in [2.24, 2.45) is 0 Å². The monoisotopic (exact) mass is 380 g/mol. The largest absolute Gasteiger partial charge is 0.508 e. The zero-order chi connectivity index (χ0) is 19.5. The summed E-state index contributed by atoms with van der Waals surface area (Å²) in [6.07, 6.45) is 0. The van der Waals surface area contributed by atoms with Crippen molar-refractivity contribution in [2.75, 3.05) is 0 Å². The molecule has 5 heteroatoms. The van der Waals surface area contributed by atoms with Gasteiger partial charge in [0.15, 0.2) is 0 Å². The van der Waals surface area contributed by atoms with Crippen molar-refractivity contribution in [3.05, 3.63) is 109 Å². The summed E-state index contributed by atoms with van der Waals surface area (Å²) in [4.78, 5) is -0.0741. The Bertz CT molecular complexity index is 1020. The Morgan fingerprint density at radius 2 is 1.00 bits per heavy atom. The van der Waals surface area contributed by atoms with E-state index in [2.05, 4.69) is 0 Å². The van der Waals surface area contributed by atoms with Gasteiger partial charge in [-0.15, -0.1) is 0 Å². The highest BCUT2D eigenvalue weighted by Crippen LogP contribution is 2.18. The van der Waals surface area contributed by atoms with E-state index in [0.717, 1.165) is 10.8 Å². The average molecular weight is 380 g/mol. The normalized spacial score (nSPS) is 10.1. The summed E-state index contributed by atoms with van der Waals surface area (Å²) >= 11 is 0. The number of hydrogen-bond acceptors (Lipinski definition) is 3. The molecule has 138 valence electrons. The second-order valence-corrected chi connectivity index (χ2v) is 6.90. The molecule has 0 atom stereocenters. The third-order valence-electron chi connectivity index (χ3n) is 3.44. The topological polar surface area (TPSA) is 74.6 Å². The smallest absolute Gasteiger partial charge is 0.294 e. The van der Waals surface area contributed by atoms with Crippen LogP contribution in [0.4, 0.5) is 0 Å². The number of rotatable bonds is 1. The Balaban J connectivity index is 0.000000152. The fraction of sp³-hybridized carbons (Fsp3) is 0. The van der Waals surface area contributed by atoms with E-state index in [1.54, 1.807) is 30.3 Å². The lowest BCUT2D eigenvalue weighted by Gasteiger charge is -1.96. The minimum atomic E-state index is -4.00. The molecule has 4 aromatic carbocycles. The first-order valence-corrected chi connectivity index (χ1v) is 9.61. The van der Waals surface area contributed by atoms with E-state index in [1.165, 1.54) is 12.1 Å². The van der Waals surface area contributed by atoms with Crippen LogP contribution in [-0.4, -0.2) is 18.1 Å². The fourth-order valence-electron chi connectivity index (χ4n) is 2.15. The van der Waals surface area contributed by atoms with Crippen LogP contribution in [0.1, 0.15) is 0 Å². The van der Waals surface area contributed by atoms with Gasteiger partial charge in [0.05, 0.1) is 4.90 Å². The van der Waals surface area contributed by atoms with Gasteiger partial charge in [0, 0.05) is 0 Å². The Hall–Kier alpha value is -3.15. The molecule has 2 N–H and O–H groups in total. The molecule has 0 saturated heterocycles. The second-order valence-electron chi connectivity index (χ2n) is 5.47. The molecule has 0 radical (unpaired) electrons. The molecular weight excluding hydrogens is 360 g/mol. The molecule has 0 unspecified atom stereocenters. The lowest BCUT2D eigenvalue weighted by molar-refractivity contribution is 0.476. The molecule has 0 saturated carbocycles. The molecule has 0 aliphatic rings. The summed E-state index contributed by atoms with van der Waals surface area (Å²) in [6, 6.07) is 32.7. The average Bonchev–Trinajstić information content (AvgIpc) is 2.70. The predicted octanol–water partition coefficient (Wildman–Crippen LogP) is 5.17. The molecule has 4 nitrogen and oxygen atoms in total. The fourth-order valence-corrected chi connectivity index (χ4v) is 2.66. The van der Waals surface area contributed by atoms with E-state index < -0.39 is 10.1 Å². The molecule has 4 aromatic rings. The molecule has 0 spiro atoms. The van der Waals surface area contributed by atoms with Gasteiger partial charge >= 0.3 is 0 Å². The van der Waals surface area contributed by atoms with E-state index in [4.69, 9.17) is 9.66 Å². The van der Waals surface area contributed by atoms with E-state index in [-0.39, 0.29) is 4.90 Å². The third kappa shape index (κ3) is 7.32. The molecule has 27 heavy (non-hydrogen) atoms. The van der Waals surface area contributed by atoms with Crippen LogP contribution in [0.3, 0.4) is 0 Å². The van der Waals surface area contributed by atoms with Crippen LogP contribution in [0.5, 0.6) is 5.75 Å². The maximum absolute atomic E-state index is 10.4. The van der Waals surface area contributed by atoms with E-state index in [9.17, 15) is 8.42 Å². The summed E-state index contributed by atoms with van der Waals surface area (Å²) in [6.45, 7) is 0. The van der Waals surface area contributed by atoms with Crippen LogP contribution in [0, 0.1) is 0 Å². The highest BCUT2D eigenvalue weighted by Gasteiger charge is 2.05. The molecule has 0 fully saturated rings. The number of benzene rings is 4. The van der Waals surface area contributed by atoms with Gasteiger partial charge < -0.3 is 5.11 Å². The zero-order valence-corrected chi connectivity index (χ0v) is 15.3. The van der Waals surface area contributed by atoms with Crippen molar-refractivity contribution in [3.8, 4) is 5.75 Å². The Labute approximate surface area is 159 Å². The summed E-state index contributed by atoms with van der Waals surface area (Å²) in [7, 11) is -4.00. The first kappa shape index (κ1) is 20.2. The van der Waals surface area contributed by atoms with Gasteiger partial charge in [-0.25, -0.2) is 0 Å². The van der Waals surface area contributed by atoms with Crippen LogP contribution in [-0.2, 0) is 10.1 Å². The zero-order valence-electron chi connectivity index (χ0n) is 14.5. The molecule has 4 rings (SSSR count). The number of hydrogen-bond donors (Lipinski definition) is 2. The number of phenols is 1. The lowest BCUT2D eigenvalue weighted by Crippen LogP contribution is -1.96. The molecule has 0 aliphatic heterocycles. The molecule has 0 amide bonds. The maximum Gasteiger partial charge on any atom is 0.294 e. The second kappa shape index (κ2) is 10.1. The van der Waals surface area contributed by atoms with E-state index in [1.807, 2.05) is 66.7 Å². The first-order valence-electron chi connectivity index (χ1n) is 8.17. The highest BCUT2D eigenvalue weighted by atomic mass is 32.2. The molecule has 0 bridgehead atoms. The predicted molar refractivity (Wildman–Crippen MR) is 108 cm³/mol. The van der Waals surface area contributed by atoms with Gasteiger partial charge in [-0.1, -0.05) is 84.9 Å². The first-order chi connectivity index (χ1) is 13.0. The standard InChI is InChI=1S/C10H8O.C6H6O3S.C6H6/c11-10-6-5-8-3-1-2-4-9(8)7-10;7-10(8,9)6-4-2-1-3-5-6;1-2-4-6-5-3-1/h1-7,11H;1-5H,(H,7,8,9);1-6H. The van der Waals surface area contributed by atoms with E-state index in [0.29, 0.717) is 5.75 Å². The number of fused-ring (bicyclic) bond motifs is 1. The van der Waals surface area contributed by atoms with Crippen LogP contribution < -0.4 is 0 Å².